The summed E-state index contributed by atoms with van der Waals surface area (Å²) in [6, 6.07) is 3.21. The predicted octanol–water partition coefficient (Wildman–Crippen LogP) is 2.40. The van der Waals surface area contributed by atoms with E-state index in [0.29, 0.717) is 0 Å². The number of ether oxygens (including phenoxy) is 1. The summed E-state index contributed by atoms with van der Waals surface area (Å²) in [5, 5.41) is 0. The van der Waals surface area contributed by atoms with Crippen LogP contribution in [0.4, 0.5) is 4.39 Å². The SMILES string of the molecule is CC(C)(C)Oc1cccnc1F. The first-order valence-corrected chi connectivity index (χ1v) is 3.78. The molecule has 1 rings (SSSR count). The Balaban J connectivity index is 2.83. The summed E-state index contributed by atoms with van der Waals surface area (Å²) in [6.45, 7) is 5.58. The van der Waals surface area contributed by atoms with Gasteiger partial charge in [-0.3, -0.25) is 0 Å². The third kappa shape index (κ3) is 2.49. The number of rotatable bonds is 1. The van der Waals surface area contributed by atoms with Gasteiger partial charge in [-0.1, -0.05) is 0 Å². The van der Waals surface area contributed by atoms with E-state index in [2.05, 4.69) is 4.98 Å². The molecule has 3 heteroatoms. The van der Waals surface area contributed by atoms with Crippen LogP contribution in [-0.4, -0.2) is 10.6 Å². The minimum Gasteiger partial charge on any atom is -0.483 e. The monoisotopic (exact) mass is 169 g/mol. The van der Waals surface area contributed by atoms with Crippen LogP contribution in [0.15, 0.2) is 18.3 Å². The van der Waals surface area contributed by atoms with Crippen molar-refractivity contribution in [3.63, 3.8) is 0 Å². The second-order valence-electron chi connectivity index (χ2n) is 3.51. The molecule has 2 nitrogen and oxygen atoms in total. The zero-order chi connectivity index (χ0) is 9.19. The van der Waals surface area contributed by atoms with Crippen LogP contribution in [-0.2, 0) is 0 Å². The Morgan fingerprint density at radius 2 is 2.08 bits per heavy atom. The quantitative estimate of drug-likeness (QED) is 0.602. The number of aromatic nitrogens is 1. The van der Waals surface area contributed by atoms with E-state index < -0.39 is 5.95 Å². The molecular formula is C9H12FNO. The molecule has 0 aliphatic carbocycles. The van der Waals surface area contributed by atoms with Gasteiger partial charge < -0.3 is 4.74 Å². The molecule has 1 aromatic rings. The Morgan fingerprint density at radius 1 is 1.42 bits per heavy atom. The summed E-state index contributed by atoms with van der Waals surface area (Å²) >= 11 is 0. The fourth-order valence-corrected chi connectivity index (χ4v) is 0.777. The van der Waals surface area contributed by atoms with Crippen LogP contribution >= 0.6 is 0 Å². The molecule has 0 unspecified atom stereocenters. The first-order chi connectivity index (χ1) is 5.49. The topological polar surface area (TPSA) is 22.1 Å². The number of hydrogen-bond donors (Lipinski definition) is 0. The van der Waals surface area contributed by atoms with Crippen molar-refractivity contribution in [1.82, 2.24) is 4.98 Å². The first-order valence-electron chi connectivity index (χ1n) is 3.78. The van der Waals surface area contributed by atoms with Crippen molar-refractivity contribution < 1.29 is 9.13 Å². The Hall–Kier alpha value is -1.12. The summed E-state index contributed by atoms with van der Waals surface area (Å²) in [7, 11) is 0. The van der Waals surface area contributed by atoms with Crippen LogP contribution in [0.3, 0.4) is 0 Å². The Bertz CT molecular complexity index is 267. The third-order valence-corrected chi connectivity index (χ3v) is 1.14. The highest BCUT2D eigenvalue weighted by atomic mass is 19.1. The fourth-order valence-electron chi connectivity index (χ4n) is 0.777. The van der Waals surface area contributed by atoms with Gasteiger partial charge in [0, 0.05) is 6.20 Å². The molecule has 1 aromatic heterocycles. The largest absolute Gasteiger partial charge is 0.483 e. The van der Waals surface area contributed by atoms with Crippen molar-refractivity contribution in [1.29, 1.82) is 0 Å². The van der Waals surface area contributed by atoms with E-state index in [-0.39, 0.29) is 11.4 Å². The molecule has 66 valence electrons. The smallest absolute Gasteiger partial charge is 0.255 e. The van der Waals surface area contributed by atoms with Crippen molar-refractivity contribution in [3.05, 3.63) is 24.3 Å². The van der Waals surface area contributed by atoms with Crippen molar-refractivity contribution in [2.24, 2.45) is 0 Å². The zero-order valence-electron chi connectivity index (χ0n) is 7.47. The summed E-state index contributed by atoms with van der Waals surface area (Å²) in [4.78, 5) is 3.47. The van der Waals surface area contributed by atoms with Gasteiger partial charge in [-0.2, -0.15) is 4.39 Å². The van der Waals surface area contributed by atoms with Gasteiger partial charge in [-0.05, 0) is 32.9 Å². The van der Waals surface area contributed by atoms with E-state index in [0.717, 1.165) is 0 Å². The standard InChI is InChI=1S/C9H12FNO/c1-9(2,3)12-7-5-4-6-11-8(7)10/h4-6H,1-3H3. The molecule has 1 heterocycles. The van der Waals surface area contributed by atoms with E-state index in [1.165, 1.54) is 6.20 Å². The lowest BCUT2D eigenvalue weighted by Crippen LogP contribution is -2.23. The Labute approximate surface area is 71.4 Å². The van der Waals surface area contributed by atoms with Gasteiger partial charge in [-0.25, -0.2) is 4.98 Å². The second kappa shape index (κ2) is 3.09. The van der Waals surface area contributed by atoms with Gasteiger partial charge in [0.05, 0.1) is 0 Å². The van der Waals surface area contributed by atoms with Crippen LogP contribution in [0.25, 0.3) is 0 Å². The number of halogens is 1. The summed E-state index contributed by atoms with van der Waals surface area (Å²) in [6.07, 6.45) is 1.39. The molecule has 0 spiro atoms. The molecule has 12 heavy (non-hydrogen) atoms. The van der Waals surface area contributed by atoms with Crippen LogP contribution < -0.4 is 4.74 Å². The first kappa shape index (κ1) is 8.97. The van der Waals surface area contributed by atoms with Crippen LogP contribution in [0.1, 0.15) is 20.8 Å². The number of nitrogens with zero attached hydrogens (tertiary/aromatic N) is 1. The lowest BCUT2D eigenvalue weighted by atomic mass is 10.2. The fraction of sp³-hybridized carbons (Fsp3) is 0.444. The average Bonchev–Trinajstić information content (AvgIpc) is 1.91. The molecule has 0 aliphatic rings. The lowest BCUT2D eigenvalue weighted by Gasteiger charge is -2.20. The van der Waals surface area contributed by atoms with Crippen molar-refractivity contribution in [3.8, 4) is 5.75 Å². The van der Waals surface area contributed by atoms with Gasteiger partial charge >= 0.3 is 0 Å². The van der Waals surface area contributed by atoms with Gasteiger partial charge in [0.25, 0.3) is 5.95 Å². The van der Waals surface area contributed by atoms with Gasteiger partial charge in [0.2, 0.25) is 0 Å². The van der Waals surface area contributed by atoms with Crippen LogP contribution in [0.2, 0.25) is 0 Å². The van der Waals surface area contributed by atoms with E-state index in [9.17, 15) is 4.39 Å². The molecule has 0 atom stereocenters. The maximum Gasteiger partial charge on any atom is 0.255 e. The molecule has 0 saturated heterocycles. The maximum absolute atomic E-state index is 12.9. The molecule has 0 aromatic carbocycles. The lowest BCUT2D eigenvalue weighted by molar-refractivity contribution is 0.123. The van der Waals surface area contributed by atoms with E-state index in [1.54, 1.807) is 12.1 Å². The zero-order valence-corrected chi connectivity index (χ0v) is 7.47. The predicted molar refractivity (Wildman–Crippen MR) is 44.6 cm³/mol. The van der Waals surface area contributed by atoms with E-state index >= 15 is 0 Å². The molecule has 0 aliphatic heterocycles. The van der Waals surface area contributed by atoms with Gasteiger partial charge in [0.15, 0.2) is 5.75 Å². The van der Waals surface area contributed by atoms with Gasteiger partial charge in [0.1, 0.15) is 5.60 Å². The highest BCUT2D eigenvalue weighted by Crippen LogP contribution is 2.19. The van der Waals surface area contributed by atoms with Crippen molar-refractivity contribution in [2.75, 3.05) is 0 Å². The van der Waals surface area contributed by atoms with Crippen molar-refractivity contribution >= 4 is 0 Å². The summed E-state index contributed by atoms with van der Waals surface area (Å²) < 4.78 is 18.2. The minimum absolute atomic E-state index is 0.199. The minimum atomic E-state index is -0.563. The molecule has 0 radical (unpaired) electrons. The van der Waals surface area contributed by atoms with Crippen LogP contribution in [0.5, 0.6) is 5.75 Å². The Kier molecular flexibility index (Phi) is 2.31. The summed E-state index contributed by atoms with van der Waals surface area (Å²) in [5.74, 6) is -0.363. The Morgan fingerprint density at radius 3 is 2.58 bits per heavy atom. The molecule has 0 amide bonds. The molecule has 0 N–H and O–H groups in total. The summed E-state index contributed by atoms with van der Waals surface area (Å²) in [5.41, 5.74) is -0.385. The molecular weight excluding hydrogens is 157 g/mol. The van der Waals surface area contributed by atoms with Gasteiger partial charge in [-0.15, -0.1) is 0 Å². The average molecular weight is 169 g/mol. The second-order valence-corrected chi connectivity index (χ2v) is 3.51. The normalized spacial score (nSPS) is 11.3. The molecule has 0 bridgehead atoms. The van der Waals surface area contributed by atoms with Crippen molar-refractivity contribution in [2.45, 2.75) is 26.4 Å². The number of hydrogen-bond acceptors (Lipinski definition) is 2. The van der Waals surface area contributed by atoms with Crippen LogP contribution in [0, 0.1) is 5.95 Å². The molecule has 0 saturated carbocycles. The maximum atomic E-state index is 12.9. The third-order valence-electron chi connectivity index (χ3n) is 1.14. The van der Waals surface area contributed by atoms with E-state index in [4.69, 9.17) is 4.74 Å². The van der Waals surface area contributed by atoms with E-state index in [1.807, 2.05) is 20.8 Å². The highest BCUT2D eigenvalue weighted by molar-refractivity contribution is 5.18. The number of pyridine rings is 1. The molecule has 0 fully saturated rings. The highest BCUT2D eigenvalue weighted by Gasteiger charge is 2.14.